The summed E-state index contributed by atoms with van der Waals surface area (Å²) in [5.41, 5.74) is 1.09. The van der Waals surface area contributed by atoms with Crippen LogP contribution in [0.25, 0.3) is 6.08 Å². The fourth-order valence-electron chi connectivity index (χ4n) is 3.02. The van der Waals surface area contributed by atoms with Crippen LogP contribution >= 0.6 is 0 Å². The Labute approximate surface area is 183 Å². The number of rotatable bonds is 6. The van der Waals surface area contributed by atoms with Crippen molar-refractivity contribution < 1.29 is 28.2 Å². The second kappa shape index (κ2) is 9.26. The van der Waals surface area contributed by atoms with E-state index in [0.717, 1.165) is 0 Å². The zero-order chi connectivity index (χ0) is 22.5. The molecule has 6 nitrogen and oxygen atoms in total. The Morgan fingerprint density at radius 2 is 1.78 bits per heavy atom. The number of esters is 2. The lowest BCUT2D eigenvalue weighted by atomic mass is 10.1. The summed E-state index contributed by atoms with van der Waals surface area (Å²) >= 11 is 0. The van der Waals surface area contributed by atoms with E-state index in [9.17, 15) is 14.0 Å². The summed E-state index contributed by atoms with van der Waals surface area (Å²) in [7, 11) is 0. The molecule has 0 spiro atoms. The van der Waals surface area contributed by atoms with Crippen LogP contribution in [-0.2, 0) is 9.53 Å². The summed E-state index contributed by atoms with van der Waals surface area (Å²) in [5.74, 6) is -1.28. The van der Waals surface area contributed by atoms with Crippen LogP contribution in [0.2, 0.25) is 0 Å². The van der Waals surface area contributed by atoms with Gasteiger partial charge in [0.15, 0.2) is 17.2 Å². The largest absolute Gasteiger partial charge is 0.490 e. The van der Waals surface area contributed by atoms with Crippen LogP contribution in [0.4, 0.5) is 4.39 Å². The molecule has 0 fully saturated rings. The molecule has 0 saturated heterocycles. The monoisotopic (exact) mass is 431 g/mol. The van der Waals surface area contributed by atoms with Crippen molar-refractivity contribution in [1.29, 1.82) is 0 Å². The molecule has 1 aliphatic heterocycles. The lowest BCUT2D eigenvalue weighted by molar-refractivity contribution is -0.129. The second-order valence-electron chi connectivity index (χ2n) is 6.71. The molecular formula is C25H18FNO5. The van der Waals surface area contributed by atoms with Crippen molar-refractivity contribution in [2.45, 2.75) is 6.92 Å². The van der Waals surface area contributed by atoms with E-state index < -0.39 is 17.8 Å². The number of carbonyl (C=O) groups excluding carboxylic acids is 2. The molecule has 0 saturated carbocycles. The van der Waals surface area contributed by atoms with Crippen LogP contribution in [0, 0.1) is 5.82 Å². The predicted octanol–water partition coefficient (Wildman–Crippen LogP) is 4.79. The van der Waals surface area contributed by atoms with E-state index in [1.807, 2.05) is 0 Å². The lowest BCUT2D eigenvalue weighted by Crippen LogP contribution is -2.09. The smallest absolute Gasteiger partial charge is 0.363 e. The predicted molar refractivity (Wildman–Crippen MR) is 116 cm³/mol. The first kappa shape index (κ1) is 21.0. The highest BCUT2D eigenvalue weighted by atomic mass is 19.1. The Kier molecular flexibility index (Phi) is 6.07. The quantitative estimate of drug-likeness (QED) is 0.319. The zero-order valence-electron chi connectivity index (χ0n) is 17.1. The van der Waals surface area contributed by atoms with Gasteiger partial charge in [0.1, 0.15) is 5.82 Å². The number of aliphatic imine (C=N–C) groups is 1. The summed E-state index contributed by atoms with van der Waals surface area (Å²) in [6.45, 7) is 2.14. The molecule has 1 heterocycles. The van der Waals surface area contributed by atoms with Gasteiger partial charge in [-0.25, -0.2) is 19.0 Å². The van der Waals surface area contributed by atoms with Crippen LogP contribution in [0.1, 0.15) is 28.4 Å². The number of hydrogen-bond acceptors (Lipinski definition) is 6. The first-order valence-corrected chi connectivity index (χ1v) is 9.86. The summed E-state index contributed by atoms with van der Waals surface area (Å²) in [4.78, 5) is 28.7. The molecule has 0 bridgehead atoms. The minimum Gasteiger partial charge on any atom is -0.490 e. The summed E-state index contributed by atoms with van der Waals surface area (Å²) < 4.78 is 30.2. The SMILES string of the molecule is CCOc1cc(/C=C2/N=C(c3ccccc3F)OC2=O)ccc1OC(=O)c1ccccc1. The van der Waals surface area contributed by atoms with Gasteiger partial charge >= 0.3 is 11.9 Å². The van der Waals surface area contributed by atoms with E-state index in [2.05, 4.69) is 4.99 Å². The van der Waals surface area contributed by atoms with E-state index in [4.69, 9.17) is 14.2 Å². The molecule has 0 radical (unpaired) electrons. The molecule has 7 heteroatoms. The number of ether oxygens (including phenoxy) is 3. The van der Waals surface area contributed by atoms with Gasteiger partial charge in [0.25, 0.3) is 0 Å². The maximum atomic E-state index is 14.0. The van der Waals surface area contributed by atoms with Gasteiger partial charge in [-0.3, -0.25) is 0 Å². The van der Waals surface area contributed by atoms with Crippen LogP contribution in [0.3, 0.4) is 0 Å². The fourth-order valence-corrected chi connectivity index (χ4v) is 3.02. The van der Waals surface area contributed by atoms with Crippen LogP contribution < -0.4 is 9.47 Å². The maximum Gasteiger partial charge on any atom is 0.363 e. The van der Waals surface area contributed by atoms with Gasteiger partial charge in [-0.05, 0) is 55.0 Å². The minimum absolute atomic E-state index is 0.0136. The van der Waals surface area contributed by atoms with Gasteiger partial charge in [0.05, 0.1) is 17.7 Å². The first-order valence-electron chi connectivity index (χ1n) is 9.86. The second-order valence-corrected chi connectivity index (χ2v) is 6.71. The summed E-state index contributed by atoms with van der Waals surface area (Å²) in [6.07, 6.45) is 1.49. The molecule has 0 amide bonds. The molecule has 0 N–H and O–H groups in total. The van der Waals surface area contributed by atoms with E-state index in [1.54, 1.807) is 61.5 Å². The van der Waals surface area contributed by atoms with Crippen LogP contribution in [-0.4, -0.2) is 24.4 Å². The number of carbonyl (C=O) groups is 2. The van der Waals surface area contributed by atoms with Crippen LogP contribution in [0.15, 0.2) is 83.5 Å². The Morgan fingerprint density at radius 3 is 2.53 bits per heavy atom. The number of halogens is 1. The van der Waals surface area contributed by atoms with Gasteiger partial charge in [0, 0.05) is 0 Å². The Morgan fingerprint density at radius 1 is 1.03 bits per heavy atom. The van der Waals surface area contributed by atoms with Crippen molar-refractivity contribution in [2.24, 2.45) is 4.99 Å². The molecule has 0 aliphatic carbocycles. The van der Waals surface area contributed by atoms with E-state index in [0.29, 0.717) is 23.5 Å². The highest BCUT2D eigenvalue weighted by Crippen LogP contribution is 2.31. The van der Waals surface area contributed by atoms with Crippen molar-refractivity contribution in [1.82, 2.24) is 0 Å². The molecule has 0 unspecified atom stereocenters. The number of benzene rings is 3. The Hall–Kier alpha value is -4.26. The van der Waals surface area contributed by atoms with Crippen LogP contribution in [0.5, 0.6) is 11.5 Å². The molecular weight excluding hydrogens is 413 g/mol. The van der Waals surface area contributed by atoms with Gasteiger partial charge in [-0.15, -0.1) is 0 Å². The summed E-state index contributed by atoms with van der Waals surface area (Å²) in [6, 6.07) is 19.3. The van der Waals surface area contributed by atoms with Gasteiger partial charge < -0.3 is 14.2 Å². The molecule has 3 aromatic carbocycles. The van der Waals surface area contributed by atoms with Crippen molar-refractivity contribution in [2.75, 3.05) is 6.61 Å². The highest BCUT2D eigenvalue weighted by molar-refractivity contribution is 6.13. The normalized spacial score (nSPS) is 14.1. The summed E-state index contributed by atoms with van der Waals surface area (Å²) in [5, 5.41) is 0. The highest BCUT2D eigenvalue weighted by Gasteiger charge is 2.26. The third-order valence-corrected chi connectivity index (χ3v) is 4.51. The van der Waals surface area contributed by atoms with Crippen molar-refractivity contribution in [3.63, 3.8) is 0 Å². The molecule has 0 atom stereocenters. The third-order valence-electron chi connectivity index (χ3n) is 4.51. The molecule has 160 valence electrons. The van der Waals surface area contributed by atoms with Crippen molar-refractivity contribution >= 4 is 23.9 Å². The maximum absolute atomic E-state index is 14.0. The average Bonchev–Trinajstić information content (AvgIpc) is 3.16. The Balaban J connectivity index is 1.61. The van der Waals surface area contributed by atoms with E-state index in [1.165, 1.54) is 24.3 Å². The lowest BCUT2D eigenvalue weighted by Gasteiger charge is -2.11. The van der Waals surface area contributed by atoms with Gasteiger partial charge in [0.2, 0.25) is 5.90 Å². The molecule has 3 aromatic rings. The number of cyclic esters (lactones) is 1. The molecule has 32 heavy (non-hydrogen) atoms. The first-order chi connectivity index (χ1) is 15.5. The number of hydrogen-bond donors (Lipinski definition) is 0. The van der Waals surface area contributed by atoms with Crippen molar-refractivity contribution in [3.05, 3.63) is 101 Å². The van der Waals surface area contributed by atoms with E-state index in [-0.39, 0.29) is 22.9 Å². The Bertz CT molecular complexity index is 1230. The molecule has 0 aromatic heterocycles. The third kappa shape index (κ3) is 4.57. The fraction of sp³-hybridized carbons (Fsp3) is 0.0800. The standard InChI is InChI=1S/C25H18FNO5/c1-2-30-22-15-16(12-13-21(22)31-24(28)17-8-4-3-5-9-17)14-20-25(29)32-23(27-20)18-10-6-7-11-19(18)26/h3-15H,2H2,1H3/b20-14+. The zero-order valence-corrected chi connectivity index (χ0v) is 17.1. The van der Waals surface area contributed by atoms with Crippen molar-refractivity contribution in [3.8, 4) is 11.5 Å². The minimum atomic E-state index is -0.694. The van der Waals surface area contributed by atoms with Gasteiger partial charge in [-0.2, -0.15) is 0 Å². The molecule has 4 rings (SSSR count). The van der Waals surface area contributed by atoms with Gasteiger partial charge in [-0.1, -0.05) is 36.4 Å². The molecule has 1 aliphatic rings. The van der Waals surface area contributed by atoms with E-state index >= 15 is 0 Å². The average molecular weight is 431 g/mol. The number of nitrogens with zero attached hydrogens (tertiary/aromatic N) is 1. The topological polar surface area (TPSA) is 74.2 Å².